The number of rotatable bonds is 9. The van der Waals surface area contributed by atoms with E-state index in [9.17, 15) is 0 Å². The smallest absolute Gasteiger partial charge is 0.685 e. The molecule has 2 aromatic carbocycles. The SMILES string of the molecule is CC(C)c1cccc(C(C)C)c1[N-]CC[N-]c1c(C(C)C)cccc1C(C)C.[HH].[HH].[Pb+2]. The maximum Gasteiger partial charge on any atom is 2.00 e. The van der Waals surface area contributed by atoms with Gasteiger partial charge in [-0.1, -0.05) is 114 Å². The average Bonchev–Trinajstić information content (AvgIpc) is 2.64. The number of benzene rings is 2. The summed E-state index contributed by atoms with van der Waals surface area (Å²) in [6.07, 6.45) is 0. The van der Waals surface area contributed by atoms with E-state index in [2.05, 4.69) is 91.8 Å². The van der Waals surface area contributed by atoms with Gasteiger partial charge in [0.05, 0.1) is 0 Å². The van der Waals surface area contributed by atoms with Crippen molar-refractivity contribution in [2.45, 2.75) is 79.1 Å². The summed E-state index contributed by atoms with van der Waals surface area (Å²) < 4.78 is 0. The summed E-state index contributed by atoms with van der Waals surface area (Å²) in [4.78, 5) is 0. The first-order chi connectivity index (χ1) is 13.2. The number of nitrogens with zero attached hydrogens (tertiary/aromatic N) is 2. The summed E-state index contributed by atoms with van der Waals surface area (Å²) >= 11 is 0. The van der Waals surface area contributed by atoms with Gasteiger partial charge in [-0.3, -0.25) is 0 Å². The van der Waals surface area contributed by atoms with Crippen LogP contribution in [0.3, 0.4) is 0 Å². The minimum Gasteiger partial charge on any atom is -0.685 e. The van der Waals surface area contributed by atoms with Crippen molar-refractivity contribution in [3.63, 3.8) is 0 Å². The van der Waals surface area contributed by atoms with Crippen LogP contribution in [-0.4, -0.2) is 40.4 Å². The summed E-state index contributed by atoms with van der Waals surface area (Å²) in [6, 6.07) is 13.2. The van der Waals surface area contributed by atoms with E-state index < -0.39 is 0 Å². The molecule has 0 N–H and O–H groups in total. The van der Waals surface area contributed by atoms with Crippen LogP contribution in [-0.2, 0) is 0 Å². The number of para-hydroxylation sites is 2. The van der Waals surface area contributed by atoms with E-state index in [0.29, 0.717) is 23.7 Å². The maximum absolute atomic E-state index is 5.02. The summed E-state index contributed by atoms with van der Waals surface area (Å²) in [5, 5.41) is 10.0. The molecule has 29 heavy (non-hydrogen) atoms. The molecule has 3 heteroatoms. The van der Waals surface area contributed by atoms with Gasteiger partial charge < -0.3 is 10.6 Å². The Labute approximate surface area is 202 Å². The molecule has 0 aliphatic rings. The van der Waals surface area contributed by atoms with Crippen LogP contribution in [0.5, 0.6) is 0 Å². The van der Waals surface area contributed by atoms with Gasteiger partial charge in [-0.2, -0.15) is 0 Å². The van der Waals surface area contributed by atoms with Crippen molar-refractivity contribution in [3.05, 3.63) is 69.3 Å². The fourth-order valence-corrected chi connectivity index (χ4v) is 3.71. The van der Waals surface area contributed by atoms with Crippen LogP contribution in [0.25, 0.3) is 10.6 Å². The van der Waals surface area contributed by atoms with Crippen molar-refractivity contribution in [1.82, 2.24) is 0 Å². The van der Waals surface area contributed by atoms with E-state index in [-0.39, 0.29) is 30.2 Å². The second-order valence-corrected chi connectivity index (χ2v) is 8.95. The molecule has 160 valence electrons. The van der Waals surface area contributed by atoms with Gasteiger partial charge in [0.25, 0.3) is 0 Å². The molecule has 2 radical (unpaired) electrons. The van der Waals surface area contributed by atoms with Crippen LogP contribution in [0.2, 0.25) is 0 Å². The van der Waals surface area contributed by atoms with E-state index in [1.807, 2.05) is 0 Å². The predicted molar refractivity (Wildman–Crippen MR) is 135 cm³/mol. The first kappa shape index (κ1) is 26.0. The molecular formula is C26H42N2Pb. The van der Waals surface area contributed by atoms with Gasteiger partial charge in [0, 0.05) is 2.85 Å². The zero-order chi connectivity index (χ0) is 20.8. The molecule has 2 aromatic rings. The van der Waals surface area contributed by atoms with Crippen molar-refractivity contribution in [3.8, 4) is 0 Å². The van der Waals surface area contributed by atoms with E-state index >= 15 is 0 Å². The molecule has 2 rings (SSSR count). The van der Waals surface area contributed by atoms with E-state index in [4.69, 9.17) is 10.6 Å². The number of hydrogen-bond acceptors (Lipinski definition) is 0. The molecule has 0 bridgehead atoms. The van der Waals surface area contributed by atoms with Gasteiger partial charge >= 0.3 is 27.3 Å². The third kappa shape index (κ3) is 6.73. The monoisotopic (exact) mass is 590 g/mol. The Bertz CT molecular complexity index is 656. The topological polar surface area (TPSA) is 28.2 Å². The van der Waals surface area contributed by atoms with Crippen molar-refractivity contribution in [1.29, 1.82) is 0 Å². The zero-order valence-electron chi connectivity index (χ0n) is 19.6. The average molecular weight is 590 g/mol. The molecule has 0 saturated carbocycles. The molecule has 2 nitrogen and oxygen atoms in total. The van der Waals surface area contributed by atoms with Gasteiger partial charge in [-0.25, -0.2) is 0 Å². The largest absolute Gasteiger partial charge is 2.00 e. The first-order valence-corrected chi connectivity index (χ1v) is 10.8. The van der Waals surface area contributed by atoms with Crippen LogP contribution in [0, 0.1) is 0 Å². The molecular weight excluding hydrogens is 548 g/mol. The molecule has 0 unspecified atom stereocenters. The zero-order valence-corrected chi connectivity index (χ0v) is 23.5. The Morgan fingerprint density at radius 3 is 1.00 bits per heavy atom. The fraction of sp³-hybridized carbons (Fsp3) is 0.538. The predicted octanol–water partition coefficient (Wildman–Crippen LogP) is 9.00. The van der Waals surface area contributed by atoms with Crippen LogP contribution in [0.15, 0.2) is 36.4 Å². The molecule has 0 aromatic heterocycles. The molecule has 0 saturated heterocycles. The van der Waals surface area contributed by atoms with E-state index in [1.165, 1.54) is 33.6 Å². The molecule has 0 aliphatic carbocycles. The Hall–Kier alpha value is -1.04. The summed E-state index contributed by atoms with van der Waals surface area (Å²) in [5.41, 5.74) is 7.74. The third-order valence-corrected chi connectivity index (χ3v) is 5.32. The molecule has 0 heterocycles. The molecule has 0 atom stereocenters. The van der Waals surface area contributed by atoms with Crippen molar-refractivity contribution in [2.75, 3.05) is 13.1 Å². The quantitative estimate of drug-likeness (QED) is 0.206. The van der Waals surface area contributed by atoms with Crippen molar-refractivity contribution >= 4 is 38.7 Å². The Morgan fingerprint density at radius 1 is 0.552 bits per heavy atom. The number of hydrogen-bond donors (Lipinski definition) is 0. The first-order valence-electron chi connectivity index (χ1n) is 10.8. The van der Waals surface area contributed by atoms with E-state index in [1.54, 1.807) is 0 Å². The van der Waals surface area contributed by atoms with Crippen molar-refractivity contribution < 1.29 is 2.85 Å². The fourth-order valence-electron chi connectivity index (χ4n) is 3.71. The van der Waals surface area contributed by atoms with Gasteiger partial charge in [0.15, 0.2) is 0 Å². The Balaban J connectivity index is 0. The summed E-state index contributed by atoms with van der Waals surface area (Å²) in [7, 11) is 0. The van der Waals surface area contributed by atoms with Crippen LogP contribution in [0.4, 0.5) is 11.4 Å². The van der Waals surface area contributed by atoms with Gasteiger partial charge in [-0.15, -0.1) is 24.5 Å². The minimum atomic E-state index is 0. The summed E-state index contributed by atoms with van der Waals surface area (Å²) in [5.74, 6) is 1.90. The maximum atomic E-state index is 5.02. The van der Waals surface area contributed by atoms with Crippen LogP contribution < -0.4 is 0 Å². The molecule has 0 aliphatic heterocycles. The van der Waals surface area contributed by atoms with Crippen molar-refractivity contribution in [2.24, 2.45) is 0 Å². The van der Waals surface area contributed by atoms with Crippen LogP contribution >= 0.6 is 0 Å². The Kier molecular flexibility index (Phi) is 10.7. The van der Waals surface area contributed by atoms with Gasteiger partial charge in [0.2, 0.25) is 0 Å². The molecule has 0 spiro atoms. The third-order valence-electron chi connectivity index (χ3n) is 5.32. The van der Waals surface area contributed by atoms with Crippen LogP contribution in [0.1, 0.15) is 104 Å². The Morgan fingerprint density at radius 2 is 0.793 bits per heavy atom. The minimum absolute atomic E-state index is 0. The van der Waals surface area contributed by atoms with Gasteiger partial charge in [-0.05, 0) is 23.7 Å². The second-order valence-electron chi connectivity index (χ2n) is 8.95. The van der Waals surface area contributed by atoms with E-state index in [0.717, 1.165) is 13.1 Å². The summed E-state index contributed by atoms with van der Waals surface area (Å²) in [6.45, 7) is 19.4. The standard InChI is InChI=1S/C26H38N2.Pb.2H2/c1-17(2)21-11-9-12-22(18(3)4)25(21)27-15-16-28-26-23(19(5)6)13-10-14-24(26)20(7)8;;;/h9-14,17-20H,15-16H2,1-8H3;;2*1H/q-2;+2;;. The van der Waals surface area contributed by atoms with Gasteiger partial charge in [0.1, 0.15) is 0 Å². The molecule has 0 fully saturated rings. The molecule has 0 amide bonds. The second kappa shape index (κ2) is 12.0. The normalized spacial score (nSPS) is 11.3.